The Labute approximate surface area is 96.5 Å². The molecule has 1 aliphatic heterocycles. The van der Waals surface area contributed by atoms with Crippen LogP contribution in [-0.2, 0) is 6.54 Å². The molecule has 1 aliphatic rings. The summed E-state index contributed by atoms with van der Waals surface area (Å²) in [6.45, 7) is 6.47. The molecule has 0 unspecified atom stereocenters. The van der Waals surface area contributed by atoms with Gasteiger partial charge in [0.2, 0.25) is 0 Å². The third-order valence-electron chi connectivity index (χ3n) is 2.64. The van der Waals surface area contributed by atoms with Crippen molar-refractivity contribution in [3.05, 3.63) is 24.3 Å². The van der Waals surface area contributed by atoms with Gasteiger partial charge >= 0.3 is 0 Å². The number of nitrogens with zero attached hydrogens (tertiary/aromatic N) is 3. The van der Waals surface area contributed by atoms with Gasteiger partial charge in [-0.2, -0.15) is 0 Å². The quantitative estimate of drug-likeness (QED) is 0.809. The number of aromatic nitrogens is 2. The van der Waals surface area contributed by atoms with E-state index < -0.39 is 0 Å². The van der Waals surface area contributed by atoms with E-state index in [4.69, 9.17) is 0 Å². The zero-order chi connectivity index (χ0) is 9.80. The van der Waals surface area contributed by atoms with Gasteiger partial charge in [0.05, 0.1) is 0 Å². The average molecular weight is 229 g/mol. The molecule has 1 saturated heterocycles. The number of halogens is 1. The summed E-state index contributed by atoms with van der Waals surface area (Å²) in [5.41, 5.74) is 1.20. The summed E-state index contributed by atoms with van der Waals surface area (Å²) < 4.78 is 0. The van der Waals surface area contributed by atoms with Crippen molar-refractivity contribution in [3.63, 3.8) is 0 Å². The molecule has 0 aliphatic carbocycles. The molecule has 0 radical (unpaired) electrons. The standard InChI is InChI=1S/C10H16N4.ClH/c1-9-4-11-2-3-14(9)7-10-5-12-8-13-6-10;/h5-6,8-9,11H,2-4,7H2,1H3;1H/t9-;/m0./s1. The third kappa shape index (κ3) is 3.41. The van der Waals surface area contributed by atoms with E-state index in [0.29, 0.717) is 6.04 Å². The Morgan fingerprint density at radius 1 is 1.47 bits per heavy atom. The molecular formula is C10H17ClN4. The fraction of sp³-hybridized carbons (Fsp3) is 0.600. The van der Waals surface area contributed by atoms with Crippen molar-refractivity contribution in [2.75, 3.05) is 19.6 Å². The summed E-state index contributed by atoms with van der Waals surface area (Å²) in [4.78, 5) is 10.5. The van der Waals surface area contributed by atoms with E-state index in [1.165, 1.54) is 5.56 Å². The number of rotatable bonds is 2. The second-order valence-electron chi connectivity index (χ2n) is 3.77. The zero-order valence-electron chi connectivity index (χ0n) is 8.89. The lowest BCUT2D eigenvalue weighted by Crippen LogP contribution is -2.49. The van der Waals surface area contributed by atoms with Crippen LogP contribution in [0.2, 0.25) is 0 Å². The van der Waals surface area contributed by atoms with E-state index in [1.54, 1.807) is 6.33 Å². The molecule has 4 nitrogen and oxygen atoms in total. The van der Waals surface area contributed by atoms with Gasteiger partial charge in [-0.3, -0.25) is 4.90 Å². The first-order chi connectivity index (χ1) is 6.86. The molecule has 0 aromatic carbocycles. The second-order valence-corrected chi connectivity index (χ2v) is 3.77. The van der Waals surface area contributed by atoms with Gasteiger partial charge in [-0.15, -0.1) is 12.4 Å². The highest BCUT2D eigenvalue weighted by Crippen LogP contribution is 2.07. The average Bonchev–Trinajstić information content (AvgIpc) is 2.23. The van der Waals surface area contributed by atoms with Crippen LogP contribution in [0.25, 0.3) is 0 Å². The molecule has 1 N–H and O–H groups in total. The molecule has 2 rings (SSSR count). The number of nitrogens with one attached hydrogen (secondary N) is 1. The summed E-state index contributed by atoms with van der Waals surface area (Å²) in [6.07, 6.45) is 5.36. The van der Waals surface area contributed by atoms with E-state index in [9.17, 15) is 0 Å². The number of hydrogen-bond acceptors (Lipinski definition) is 4. The van der Waals surface area contributed by atoms with Crippen LogP contribution < -0.4 is 5.32 Å². The summed E-state index contributed by atoms with van der Waals surface area (Å²) in [5.74, 6) is 0. The van der Waals surface area contributed by atoms with E-state index in [0.717, 1.165) is 26.2 Å². The van der Waals surface area contributed by atoms with Crippen LogP contribution in [-0.4, -0.2) is 40.5 Å². The van der Waals surface area contributed by atoms with Crippen molar-refractivity contribution in [1.29, 1.82) is 0 Å². The van der Waals surface area contributed by atoms with Crippen LogP contribution >= 0.6 is 12.4 Å². The van der Waals surface area contributed by atoms with E-state index in [2.05, 4.69) is 27.1 Å². The predicted octanol–water partition coefficient (Wildman–Crippen LogP) is 0.692. The maximum atomic E-state index is 4.02. The Morgan fingerprint density at radius 2 is 2.20 bits per heavy atom. The largest absolute Gasteiger partial charge is 0.314 e. The highest BCUT2D eigenvalue weighted by Gasteiger charge is 2.17. The fourth-order valence-corrected chi connectivity index (χ4v) is 1.76. The topological polar surface area (TPSA) is 41.0 Å². The Kier molecular flexibility index (Phi) is 4.94. The van der Waals surface area contributed by atoms with Crippen molar-refractivity contribution < 1.29 is 0 Å². The minimum absolute atomic E-state index is 0. The molecular weight excluding hydrogens is 212 g/mol. The van der Waals surface area contributed by atoms with Crippen molar-refractivity contribution in [3.8, 4) is 0 Å². The van der Waals surface area contributed by atoms with Gasteiger partial charge in [0.1, 0.15) is 6.33 Å². The Hall–Kier alpha value is -0.710. The molecule has 0 saturated carbocycles. The highest BCUT2D eigenvalue weighted by molar-refractivity contribution is 5.85. The summed E-state index contributed by atoms with van der Waals surface area (Å²) in [7, 11) is 0. The third-order valence-corrected chi connectivity index (χ3v) is 2.64. The first-order valence-electron chi connectivity index (χ1n) is 5.05. The summed E-state index contributed by atoms with van der Waals surface area (Å²) >= 11 is 0. The van der Waals surface area contributed by atoms with E-state index in [-0.39, 0.29) is 12.4 Å². The molecule has 0 bridgehead atoms. The maximum absolute atomic E-state index is 4.02. The van der Waals surface area contributed by atoms with Crippen molar-refractivity contribution >= 4 is 12.4 Å². The molecule has 1 aromatic rings. The van der Waals surface area contributed by atoms with Gasteiger partial charge in [-0.1, -0.05) is 0 Å². The van der Waals surface area contributed by atoms with Crippen molar-refractivity contribution in [2.45, 2.75) is 19.5 Å². The van der Waals surface area contributed by atoms with Gasteiger partial charge in [0.25, 0.3) is 0 Å². The SMILES string of the molecule is C[C@H]1CNCCN1Cc1cncnc1.Cl. The predicted molar refractivity (Wildman–Crippen MR) is 62.0 cm³/mol. The van der Waals surface area contributed by atoms with Crippen LogP contribution in [0.4, 0.5) is 0 Å². The second kappa shape index (κ2) is 6.00. The Bertz CT molecular complexity index is 280. The van der Waals surface area contributed by atoms with Crippen LogP contribution in [0.5, 0.6) is 0 Å². The van der Waals surface area contributed by atoms with Gasteiger partial charge < -0.3 is 5.32 Å². The smallest absolute Gasteiger partial charge is 0.115 e. The lowest BCUT2D eigenvalue weighted by molar-refractivity contribution is 0.165. The van der Waals surface area contributed by atoms with Crippen LogP contribution in [0.15, 0.2) is 18.7 Å². The van der Waals surface area contributed by atoms with Crippen molar-refractivity contribution in [1.82, 2.24) is 20.2 Å². The molecule has 15 heavy (non-hydrogen) atoms. The van der Waals surface area contributed by atoms with Crippen LogP contribution in [0.3, 0.4) is 0 Å². The van der Waals surface area contributed by atoms with Gasteiger partial charge in [0, 0.05) is 50.2 Å². The van der Waals surface area contributed by atoms with Crippen molar-refractivity contribution in [2.24, 2.45) is 0 Å². The molecule has 5 heteroatoms. The molecule has 1 atom stereocenters. The monoisotopic (exact) mass is 228 g/mol. The lowest BCUT2D eigenvalue weighted by Gasteiger charge is -2.33. The first kappa shape index (κ1) is 12.4. The maximum Gasteiger partial charge on any atom is 0.115 e. The van der Waals surface area contributed by atoms with E-state index >= 15 is 0 Å². The fourth-order valence-electron chi connectivity index (χ4n) is 1.76. The molecule has 1 fully saturated rings. The van der Waals surface area contributed by atoms with Gasteiger partial charge in [0.15, 0.2) is 0 Å². The Morgan fingerprint density at radius 3 is 2.87 bits per heavy atom. The summed E-state index contributed by atoms with van der Waals surface area (Å²) in [6, 6.07) is 0.601. The normalized spacial score (nSPS) is 22.1. The molecule has 84 valence electrons. The first-order valence-corrected chi connectivity index (χ1v) is 5.05. The van der Waals surface area contributed by atoms with Gasteiger partial charge in [-0.05, 0) is 6.92 Å². The van der Waals surface area contributed by atoms with E-state index in [1.807, 2.05) is 12.4 Å². The zero-order valence-corrected chi connectivity index (χ0v) is 9.70. The Balaban J connectivity index is 0.00000112. The van der Waals surface area contributed by atoms with Crippen LogP contribution in [0.1, 0.15) is 12.5 Å². The lowest BCUT2D eigenvalue weighted by atomic mass is 10.2. The minimum atomic E-state index is 0. The number of hydrogen-bond donors (Lipinski definition) is 1. The van der Waals surface area contributed by atoms with Gasteiger partial charge in [-0.25, -0.2) is 9.97 Å². The molecule has 0 spiro atoms. The molecule has 1 aromatic heterocycles. The van der Waals surface area contributed by atoms with Crippen LogP contribution in [0, 0.1) is 0 Å². The minimum Gasteiger partial charge on any atom is -0.314 e. The number of piperazine rings is 1. The highest BCUT2D eigenvalue weighted by atomic mass is 35.5. The molecule has 0 amide bonds. The molecule has 2 heterocycles. The summed E-state index contributed by atoms with van der Waals surface area (Å²) in [5, 5.41) is 3.38.